The van der Waals surface area contributed by atoms with E-state index < -0.39 is 0 Å². The Bertz CT molecular complexity index is 597. The number of nitrogens with zero attached hydrogens (tertiary/aromatic N) is 1. The van der Waals surface area contributed by atoms with Crippen LogP contribution in [0.25, 0.3) is 0 Å². The van der Waals surface area contributed by atoms with Gasteiger partial charge in [0.2, 0.25) is 0 Å². The van der Waals surface area contributed by atoms with Gasteiger partial charge < -0.3 is 5.32 Å². The van der Waals surface area contributed by atoms with Crippen LogP contribution in [0.15, 0.2) is 48.8 Å². The van der Waals surface area contributed by atoms with Gasteiger partial charge in [-0.15, -0.1) is 0 Å². The van der Waals surface area contributed by atoms with Crippen LogP contribution in [0.4, 0.5) is 0 Å². The average molecular weight is 282 g/mol. The summed E-state index contributed by atoms with van der Waals surface area (Å²) in [6, 6.07) is 11.6. The maximum Gasteiger partial charge on any atom is 0.251 e. The van der Waals surface area contributed by atoms with Crippen molar-refractivity contribution in [3.05, 3.63) is 65.5 Å². The zero-order valence-corrected chi connectivity index (χ0v) is 13.1. The Morgan fingerprint density at radius 3 is 2.33 bits per heavy atom. The van der Waals surface area contributed by atoms with Crippen LogP contribution in [-0.4, -0.2) is 10.9 Å². The predicted molar refractivity (Wildman–Crippen MR) is 85.3 cm³/mol. The minimum atomic E-state index is -0.0631. The molecular formula is C18H22N2O. The number of aromatic nitrogens is 1. The Morgan fingerprint density at radius 1 is 1.14 bits per heavy atom. The molecule has 0 radical (unpaired) electrons. The zero-order valence-electron chi connectivity index (χ0n) is 13.1. The molecule has 110 valence electrons. The van der Waals surface area contributed by atoms with E-state index >= 15 is 0 Å². The van der Waals surface area contributed by atoms with Gasteiger partial charge in [-0.3, -0.25) is 9.78 Å². The van der Waals surface area contributed by atoms with Crippen LogP contribution in [0.3, 0.4) is 0 Å². The van der Waals surface area contributed by atoms with Crippen LogP contribution in [0.5, 0.6) is 0 Å². The number of hydrogen-bond donors (Lipinski definition) is 1. The molecule has 2 aromatic rings. The molecule has 2 rings (SSSR count). The summed E-state index contributed by atoms with van der Waals surface area (Å²) in [7, 11) is 0. The van der Waals surface area contributed by atoms with Gasteiger partial charge in [-0.05, 0) is 41.7 Å². The second-order valence-electron chi connectivity index (χ2n) is 6.31. The molecule has 1 amide bonds. The van der Waals surface area contributed by atoms with Crippen molar-refractivity contribution in [1.29, 1.82) is 0 Å². The highest BCUT2D eigenvalue weighted by Crippen LogP contribution is 2.22. The third-order valence-corrected chi connectivity index (χ3v) is 3.55. The Balaban J connectivity index is 2.07. The quantitative estimate of drug-likeness (QED) is 0.928. The highest BCUT2D eigenvalue weighted by Gasteiger charge is 2.15. The average Bonchev–Trinajstić information content (AvgIpc) is 2.47. The van der Waals surface area contributed by atoms with E-state index in [2.05, 4.69) is 31.1 Å². The number of benzene rings is 1. The molecule has 1 N–H and O–H groups in total. The molecule has 0 fully saturated rings. The fourth-order valence-electron chi connectivity index (χ4n) is 2.12. The summed E-state index contributed by atoms with van der Waals surface area (Å²) in [6.07, 6.45) is 3.50. The largest absolute Gasteiger partial charge is 0.345 e. The third kappa shape index (κ3) is 3.91. The monoisotopic (exact) mass is 282 g/mol. The van der Waals surface area contributed by atoms with Crippen molar-refractivity contribution in [2.75, 3.05) is 0 Å². The molecule has 3 heteroatoms. The first-order valence-corrected chi connectivity index (χ1v) is 7.19. The van der Waals surface area contributed by atoms with Gasteiger partial charge in [0.05, 0.1) is 6.04 Å². The number of pyridine rings is 1. The summed E-state index contributed by atoms with van der Waals surface area (Å²) < 4.78 is 0. The molecule has 3 nitrogen and oxygen atoms in total. The van der Waals surface area contributed by atoms with Crippen molar-refractivity contribution in [3.8, 4) is 0 Å². The van der Waals surface area contributed by atoms with E-state index in [1.807, 2.05) is 43.3 Å². The van der Waals surface area contributed by atoms with E-state index in [4.69, 9.17) is 0 Å². The number of rotatable bonds is 3. The predicted octanol–water partition coefficient (Wildman–Crippen LogP) is 3.87. The number of amides is 1. The van der Waals surface area contributed by atoms with Crippen LogP contribution < -0.4 is 5.32 Å². The van der Waals surface area contributed by atoms with Crippen molar-refractivity contribution in [1.82, 2.24) is 10.3 Å². The highest BCUT2D eigenvalue weighted by molar-refractivity contribution is 5.94. The molecule has 0 aliphatic rings. The van der Waals surface area contributed by atoms with Gasteiger partial charge in [-0.25, -0.2) is 0 Å². The Kier molecular flexibility index (Phi) is 4.41. The summed E-state index contributed by atoms with van der Waals surface area (Å²) in [5, 5.41) is 2.99. The van der Waals surface area contributed by atoms with Gasteiger partial charge in [0.1, 0.15) is 0 Å². The molecule has 1 heterocycles. The topological polar surface area (TPSA) is 42.0 Å². The zero-order chi connectivity index (χ0) is 15.5. The van der Waals surface area contributed by atoms with Gasteiger partial charge in [0, 0.05) is 18.0 Å². The lowest BCUT2D eigenvalue weighted by molar-refractivity contribution is 0.0940. The molecule has 1 unspecified atom stereocenters. The lowest BCUT2D eigenvalue weighted by Gasteiger charge is -2.19. The minimum Gasteiger partial charge on any atom is -0.345 e. The third-order valence-electron chi connectivity index (χ3n) is 3.55. The number of carbonyl (C=O) groups is 1. The van der Waals surface area contributed by atoms with E-state index in [-0.39, 0.29) is 17.4 Å². The summed E-state index contributed by atoms with van der Waals surface area (Å²) >= 11 is 0. The Labute approximate surface area is 126 Å². The van der Waals surface area contributed by atoms with Gasteiger partial charge in [-0.1, -0.05) is 39.0 Å². The normalized spacial score (nSPS) is 12.8. The van der Waals surface area contributed by atoms with Crippen LogP contribution in [0.1, 0.15) is 55.2 Å². The summed E-state index contributed by atoms with van der Waals surface area (Å²) in [5.74, 6) is -0.0631. The first-order chi connectivity index (χ1) is 9.88. The van der Waals surface area contributed by atoms with Crippen molar-refractivity contribution < 1.29 is 4.79 Å². The lowest BCUT2D eigenvalue weighted by atomic mass is 9.86. The maximum atomic E-state index is 12.3. The molecule has 0 aliphatic carbocycles. The van der Waals surface area contributed by atoms with Gasteiger partial charge in [-0.2, -0.15) is 0 Å². The molecule has 1 aromatic heterocycles. The summed E-state index contributed by atoms with van der Waals surface area (Å²) in [5.41, 5.74) is 2.99. The van der Waals surface area contributed by atoms with E-state index in [0.717, 1.165) is 5.56 Å². The smallest absolute Gasteiger partial charge is 0.251 e. The molecule has 1 aromatic carbocycles. The molecule has 0 saturated heterocycles. The SMILES string of the molecule is CC(NC(=O)c1ccc(C(C)(C)C)cc1)c1cccnc1. The Morgan fingerprint density at radius 2 is 1.81 bits per heavy atom. The molecule has 1 atom stereocenters. The fraction of sp³-hybridized carbons (Fsp3) is 0.333. The van der Waals surface area contributed by atoms with E-state index in [0.29, 0.717) is 5.56 Å². The minimum absolute atomic E-state index is 0.0616. The van der Waals surface area contributed by atoms with E-state index in [1.165, 1.54) is 5.56 Å². The summed E-state index contributed by atoms with van der Waals surface area (Å²) in [4.78, 5) is 16.3. The second kappa shape index (κ2) is 6.08. The number of nitrogens with one attached hydrogen (secondary N) is 1. The van der Waals surface area contributed by atoms with Crippen molar-refractivity contribution >= 4 is 5.91 Å². The first-order valence-electron chi connectivity index (χ1n) is 7.19. The van der Waals surface area contributed by atoms with Gasteiger partial charge in [0.15, 0.2) is 0 Å². The van der Waals surface area contributed by atoms with E-state index in [1.54, 1.807) is 12.4 Å². The molecule has 0 bridgehead atoms. The number of carbonyl (C=O) groups excluding carboxylic acids is 1. The molecule has 0 spiro atoms. The Hall–Kier alpha value is -2.16. The van der Waals surface area contributed by atoms with Gasteiger partial charge >= 0.3 is 0 Å². The second-order valence-corrected chi connectivity index (χ2v) is 6.31. The molecule has 0 aliphatic heterocycles. The van der Waals surface area contributed by atoms with Crippen molar-refractivity contribution in [2.45, 2.75) is 39.2 Å². The first kappa shape index (κ1) is 15.2. The molecular weight excluding hydrogens is 260 g/mol. The molecule has 0 saturated carbocycles. The standard InChI is InChI=1S/C18H22N2O/c1-13(15-6-5-11-19-12-15)20-17(21)14-7-9-16(10-8-14)18(2,3)4/h5-13H,1-4H3,(H,20,21). The lowest BCUT2D eigenvalue weighted by Crippen LogP contribution is -2.26. The van der Waals surface area contributed by atoms with Gasteiger partial charge in [0.25, 0.3) is 5.91 Å². The summed E-state index contributed by atoms with van der Waals surface area (Å²) in [6.45, 7) is 8.43. The van der Waals surface area contributed by atoms with Crippen LogP contribution >= 0.6 is 0 Å². The van der Waals surface area contributed by atoms with Crippen molar-refractivity contribution in [2.24, 2.45) is 0 Å². The molecule has 21 heavy (non-hydrogen) atoms. The van der Waals surface area contributed by atoms with Crippen LogP contribution in [-0.2, 0) is 5.41 Å². The fourth-order valence-corrected chi connectivity index (χ4v) is 2.12. The number of hydrogen-bond acceptors (Lipinski definition) is 2. The van der Waals surface area contributed by atoms with E-state index in [9.17, 15) is 4.79 Å². The maximum absolute atomic E-state index is 12.3. The van der Waals surface area contributed by atoms with Crippen LogP contribution in [0, 0.1) is 0 Å². The highest BCUT2D eigenvalue weighted by atomic mass is 16.1. The van der Waals surface area contributed by atoms with Crippen LogP contribution in [0.2, 0.25) is 0 Å². The van der Waals surface area contributed by atoms with Crippen molar-refractivity contribution in [3.63, 3.8) is 0 Å².